The number of nitrogens with zero attached hydrogens (tertiary/aromatic N) is 1. The molecule has 2 fully saturated rings. The van der Waals surface area contributed by atoms with Crippen molar-refractivity contribution < 1.29 is 14.4 Å². The molecular weight excluding hydrogens is 498 g/mol. The Labute approximate surface area is 231 Å². The molecule has 0 bridgehead atoms. The van der Waals surface area contributed by atoms with Crippen molar-refractivity contribution in [1.82, 2.24) is 10.2 Å². The third kappa shape index (κ3) is 6.40. The van der Waals surface area contributed by atoms with Gasteiger partial charge in [0.15, 0.2) is 0 Å². The molecule has 7 heteroatoms. The van der Waals surface area contributed by atoms with Crippen molar-refractivity contribution >= 4 is 35.5 Å². The first-order chi connectivity index (χ1) is 18.1. The highest BCUT2D eigenvalue weighted by atomic mass is 35.5. The average molecular weight is 538 g/mol. The molecule has 1 saturated heterocycles. The Morgan fingerprint density at radius 3 is 2.55 bits per heavy atom. The highest BCUT2D eigenvalue weighted by Gasteiger charge is 2.44. The molecule has 4 rings (SSSR count). The van der Waals surface area contributed by atoms with E-state index in [1.54, 1.807) is 12.1 Å². The first-order valence-corrected chi connectivity index (χ1v) is 14.1. The van der Waals surface area contributed by atoms with Crippen LogP contribution in [0.4, 0.5) is 5.69 Å². The molecule has 2 N–H and O–H groups in total. The number of piperidine rings is 1. The van der Waals surface area contributed by atoms with E-state index in [9.17, 15) is 14.4 Å². The summed E-state index contributed by atoms with van der Waals surface area (Å²) in [5, 5.41) is 6.73. The third-order valence-corrected chi connectivity index (χ3v) is 8.44. The summed E-state index contributed by atoms with van der Waals surface area (Å²) >= 11 is 6.17. The Balaban J connectivity index is 1.65. The summed E-state index contributed by atoms with van der Waals surface area (Å²) in [7, 11) is 0. The number of halogens is 1. The molecule has 0 aromatic heterocycles. The summed E-state index contributed by atoms with van der Waals surface area (Å²) in [6, 6.07) is 13.2. The van der Waals surface area contributed by atoms with Gasteiger partial charge in [0.2, 0.25) is 12.3 Å². The van der Waals surface area contributed by atoms with E-state index < -0.39 is 0 Å². The van der Waals surface area contributed by atoms with Gasteiger partial charge in [-0.15, -0.1) is 0 Å². The number of rotatable bonds is 6. The van der Waals surface area contributed by atoms with Crippen LogP contribution in [0.15, 0.2) is 42.5 Å². The van der Waals surface area contributed by atoms with Crippen molar-refractivity contribution in [2.45, 2.75) is 83.7 Å². The molecular formula is C31H40ClN3O3. The number of anilines is 1. The monoisotopic (exact) mass is 537 g/mol. The van der Waals surface area contributed by atoms with Gasteiger partial charge < -0.3 is 15.5 Å². The maximum Gasteiger partial charge on any atom is 0.254 e. The number of nitrogens with one attached hydrogen (secondary N) is 2. The molecule has 0 spiro atoms. The average Bonchev–Trinajstić information content (AvgIpc) is 2.88. The van der Waals surface area contributed by atoms with Crippen LogP contribution in [0, 0.1) is 18.8 Å². The molecule has 0 radical (unpaired) electrons. The zero-order valence-corrected chi connectivity index (χ0v) is 23.7. The largest absolute Gasteiger partial charge is 0.356 e. The minimum atomic E-state index is -0.335. The molecule has 4 atom stereocenters. The zero-order chi connectivity index (χ0) is 27.4. The maximum absolute atomic E-state index is 14.0. The molecule has 3 amide bonds. The van der Waals surface area contributed by atoms with E-state index in [0.717, 1.165) is 61.7 Å². The molecule has 2 aromatic carbocycles. The van der Waals surface area contributed by atoms with Gasteiger partial charge in [0.05, 0.1) is 5.92 Å². The smallest absolute Gasteiger partial charge is 0.254 e. The predicted molar refractivity (Wildman–Crippen MR) is 152 cm³/mol. The van der Waals surface area contributed by atoms with E-state index in [0.29, 0.717) is 17.1 Å². The Hall–Kier alpha value is -2.86. The lowest BCUT2D eigenvalue weighted by Gasteiger charge is -2.47. The number of hydrogen-bond acceptors (Lipinski definition) is 3. The van der Waals surface area contributed by atoms with E-state index in [-0.39, 0.29) is 41.1 Å². The van der Waals surface area contributed by atoms with Crippen molar-refractivity contribution in [3.05, 3.63) is 64.2 Å². The second-order valence-electron chi connectivity index (χ2n) is 11.9. The van der Waals surface area contributed by atoms with Crippen LogP contribution in [0.5, 0.6) is 0 Å². The quantitative estimate of drug-likeness (QED) is 0.436. The van der Waals surface area contributed by atoms with Gasteiger partial charge in [0.1, 0.15) is 0 Å². The third-order valence-electron chi connectivity index (χ3n) is 8.20. The van der Waals surface area contributed by atoms with E-state index >= 15 is 0 Å². The van der Waals surface area contributed by atoms with Gasteiger partial charge in [-0.25, -0.2) is 0 Å². The Bertz CT molecular complexity index is 1180. The summed E-state index contributed by atoms with van der Waals surface area (Å²) in [5.41, 5.74) is 3.35. The molecule has 6 nitrogen and oxygen atoms in total. The maximum atomic E-state index is 14.0. The van der Waals surface area contributed by atoms with Gasteiger partial charge in [0.25, 0.3) is 5.91 Å². The van der Waals surface area contributed by atoms with Crippen LogP contribution in [-0.4, -0.2) is 41.8 Å². The molecule has 204 valence electrons. The number of likely N-dealkylation sites (tertiary alicyclic amines) is 1. The molecule has 38 heavy (non-hydrogen) atoms. The van der Waals surface area contributed by atoms with Crippen LogP contribution in [0.2, 0.25) is 5.02 Å². The predicted octanol–water partition coefficient (Wildman–Crippen LogP) is 6.11. The topological polar surface area (TPSA) is 78.5 Å². The molecule has 1 heterocycles. The van der Waals surface area contributed by atoms with Crippen molar-refractivity contribution in [2.24, 2.45) is 11.8 Å². The number of carbonyl (C=O) groups excluding carboxylic acids is 3. The molecule has 1 saturated carbocycles. The van der Waals surface area contributed by atoms with Crippen molar-refractivity contribution in [3.63, 3.8) is 0 Å². The SMILES string of the molecule is Cc1cc(Cl)ccc1C(=O)N1CCC[C@H](C(=O)Nc2cccc(C(C)(C)C)c2)[C@@H]1C1CCCC(NC=O)C1. The van der Waals surface area contributed by atoms with Crippen LogP contribution in [0.1, 0.15) is 80.8 Å². The minimum absolute atomic E-state index is 0.0313. The summed E-state index contributed by atoms with van der Waals surface area (Å²) in [6.45, 7) is 8.97. The second kappa shape index (κ2) is 11.9. The second-order valence-corrected chi connectivity index (χ2v) is 12.4. The summed E-state index contributed by atoms with van der Waals surface area (Å²) in [6.07, 6.45) is 5.81. The van der Waals surface area contributed by atoms with Crippen molar-refractivity contribution in [3.8, 4) is 0 Å². The first-order valence-electron chi connectivity index (χ1n) is 13.8. The van der Waals surface area contributed by atoms with Gasteiger partial charge in [-0.3, -0.25) is 14.4 Å². The molecule has 1 aliphatic carbocycles. The Morgan fingerprint density at radius 1 is 1.05 bits per heavy atom. The van der Waals surface area contributed by atoms with Gasteiger partial charge in [-0.2, -0.15) is 0 Å². The number of benzene rings is 2. The van der Waals surface area contributed by atoms with Crippen molar-refractivity contribution in [2.75, 3.05) is 11.9 Å². The highest BCUT2D eigenvalue weighted by Crippen LogP contribution is 2.39. The van der Waals surface area contributed by atoms with E-state index in [4.69, 9.17) is 11.6 Å². The van der Waals surface area contributed by atoms with Crippen LogP contribution in [-0.2, 0) is 15.0 Å². The summed E-state index contributed by atoms with van der Waals surface area (Å²) < 4.78 is 0. The number of hydrogen-bond donors (Lipinski definition) is 2. The Kier molecular flexibility index (Phi) is 8.81. The lowest BCUT2D eigenvalue weighted by molar-refractivity contribution is -0.124. The summed E-state index contributed by atoms with van der Waals surface area (Å²) in [5.74, 6) is -0.313. The van der Waals surface area contributed by atoms with E-state index in [1.165, 1.54) is 0 Å². The molecule has 2 aromatic rings. The fourth-order valence-electron chi connectivity index (χ4n) is 6.23. The minimum Gasteiger partial charge on any atom is -0.356 e. The van der Waals surface area contributed by atoms with Gasteiger partial charge in [-0.1, -0.05) is 50.9 Å². The fourth-order valence-corrected chi connectivity index (χ4v) is 6.46. The van der Waals surface area contributed by atoms with Gasteiger partial charge in [0, 0.05) is 34.9 Å². The number of aryl methyl sites for hydroxylation is 1. The lowest BCUT2D eigenvalue weighted by Crippen LogP contribution is -2.56. The van der Waals surface area contributed by atoms with E-state index in [2.05, 4.69) is 37.5 Å². The highest BCUT2D eigenvalue weighted by molar-refractivity contribution is 6.30. The molecule has 2 unspecified atom stereocenters. The zero-order valence-electron chi connectivity index (χ0n) is 22.9. The van der Waals surface area contributed by atoms with Crippen LogP contribution in [0.25, 0.3) is 0 Å². The van der Waals surface area contributed by atoms with Crippen molar-refractivity contribution in [1.29, 1.82) is 0 Å². The van der Waals surface area contributed by atoms with Gasteiger partial charge in [-0.05, 0) is 91.8 Å². The Morgan fingerprint density at radius 2 is 1.84 bits per heavy atom. The van der Waals surface area contributed by atoms with Crippen LogP contribution in [0.3, 0.4) is 0 Å². The molecule has 1 aliphatic heterocycles. The number of carbonyl (C=O) groups is 3. The standard InChI is InChI=1S/C31H40ClN3O3/c1-20-16-23(32)13-14-26(20)30(38)35-15-7-12-27(28(35)21-8-5-10-24(17-21)33-19-36)29(37)34-25-11-6-9-22(18-25)31(2,3)4/h6,9,11,13-14,16,18-19,21,24,27-28H,5,7-8,10,12,15,17H2,1-4H3,(H,33,36)(H,34,37)/t21?,24?,27-,28-/m0/s1. The van der Waals surface area contributed by atoms with Crippen LogP contribution >= 0.6 is 11.6 Å². The lowest BCUT2D eigenvalue weighted by atomic mass is 9.72. The van der Waals surface area contributed by atoms with Crippen LogP contribution < -0.4 is 10.6 Å². The number of amides is 3. The normalized spacial score (nSPS) is 24.0. The van der Waals surface area contributed by atoms with Gasteiger partial charge >= 0.3 is 0 Å². The summed E-state index contributed by atoms with van der Waals surface area (Å²) in [4.78, 5) is 41.0. The fraction of sp³-hybridized carbons (Fsp3) is 0.516. The van der Waals surface area contributed by atoms with E-state index in [1.807, 2.05) is 36.1 Å². The molecule has 2 aliphatic rings. The first kappa shape index (κ1) is 28.2.